The normalized spacial score (nSPS) is 12.0. The fourth-order valence-corrected chi connectivity index (χ4v) is 3.07. The molecule has 0 saturated carbocycles. The lowest BCUT2D eigenvalue weighted by Gasteiger charge is -2.19. The Labute approximate surface area is 139 Å². The highest BCUT2D eigenvalue weighted by molar-refractivity contribution is 8.00. The van der Waals surface area contributed by atoms with E-state index < -0.39 is 0 Å². The number of benzene rings is 2. The predicted octanol–water partition coefficient (Wildman–Crippen LogP) is 4.42. The number of carbonyl (C=O) groups excluding carboxylic acids is 1. The molecule has 1 unspecified atom stereocenters. The van der Waals surface area contributed by atoms with Crippen molar-refractivity contribution < 1.29 is 13.6 Å². The Morgan fingerprint density at radius 3 is 2.43 bits per heavy atom. The monoisotopic (exact) mass is 335 g/mol. The lowest BCUT2D eigenvalue weighted by molar-refractivity contribution is -0.127. The molecule has 0 spiro atoms. The molecule has 2 aromatic carbocycles. The van der Waals surface area contributed by atoms with Crippen molar-refractivity contribution in [3.63, 3.8) is 0 Å². The lowest BCUT2D eigenvalue weighted by Crippen LogP contribution is -2.28. The first kappa shape index (κ1) is 17.5. The average molecular weight is 335 g/mol. The number of nitrogens with zero attached hydrogens (tertiary/aromatic N) is 1. The first-order valence-corrected chi connectivity index (χ1v) is 8.36. The van der Waals surface area contributed by atoms with E-state index in [4.69, 9.17) is 0 Å². The molecule has 2 nitrogen and oxygen atoms in total. The summed E-state index contributed by atoms with van der Waals surface area (Å²) < 4.78 is 26.5. The van der Waals surface area contributed by atoms with Gasteiger partial charge in [0.25, 0.3) is 0 Å². The third kappa shape index (κ3) is 5.06. The summed E-state index contributed by atoms with van der Waals surface area (Å²) in [5, 5.41) is 0.0846. The Morgan fingerprint density at radius 1 is 1.13 bits per heavy atom. The lowest BCUT2D eigenvalue weighted by atomic mass is 10.2. The molecular formula is C18H19F2NOS. The molecule has 0 fully saturated rings. The molecule has 0 aliphatic rings. The highest BCUT2D eigenvalue weighted by atomic mass is 32.2. The molecule has 1 amide bonds. The van der Waals surface area contributed by atoms with E-state index in [1.165, 1.54) is 34.9 Å². The summed E-state index contributed by atoms with van der Waals surface area (Å²) in [6.45, 7) is 2.22. The van der Waals surface area contributed by atoms with Crippen LogP contribution in [-0.4, -0.2) is 23.6 Å². The molecule has 122 valence electrons. The van der Waals surface area contributed by atoms with Gasteiger partial charge in [0.15, 0.2) is 0 Å². The second-order valence-corrected chi connectivity index (χ2v) is 6.68. The number of hydrogen-bond donors (Lipinski definition) is 0. The van der Waals surface area contributed by atoms with Crippen LogP contribution in [0.4, 0.5) is 8.78 Å². The molecule has 1 atom stereocenters. The van der Waals surface area contributed by atoms with Crippen molar-refractivity contribution in [2.24, 2.45) is 0 Å². The van der Waals surface area contributed by atoms with Crippen LogP contribution in [0.5, 0.6) is 0 Å². The van der Waals surface area contributed by atoms with Crippen LogP contribution in [0, 0.1) is 11.6 Å². The fraction of sp³-hybridized carbons (Fsp3) is 0.278. The smallest absolute Gasteiger partial charge is 0.232 e. The van der Waals surface area contributed by atoms with E-state index in [1.54, 1.807) is 37.4 Å². The van der Waals surface area contributed by atoms with Crippen LogP contribution in [0.15, 0.2) is 48.5 Å². The summed E-state index contributed by atoms with van der Waals surface area (Å²) in [7, 11) is 1.66. The van der Waals surface area contributed by atoms with E-state index >= 15 is 0 Å². The third-order valence-electron chi connectivity index (χ3n) is 3.59. The van der Waals surface area contributed by atoms with Crippen molar-refractivity contribution >= 4 is 17.7 Å². The van der Waals surface area contributed by atoms with Crippen molar-refractivity contribution in [1.29, 1.82) is 0 Å². The maximum absolute atomic E-state index is 13.6. The van der Waals surface area contributed by atoms with E-state index in [1.807, 2.05) is 6.92 Å². The van der Waals surface area contributed by atoms with Crippen LogP contribution in [0.25, 0.3) is 0 Å². The van der Waals surface area contributed by atoms with Gasteiger partial charge in [-0.3, -0.25) is 4.79 Å². The number of amides is 1. The minimum atomic E-state index is -0.306. The zero-order valence-electron chi connectivity index (χ0n) is 13.1. The molecule has 0 aromatic heterocycles. The number of halogens is 2. The standard InChI is InChI=1S/C18H19F2NOS/c1-13(14-7-9-16(19)10-8-14)23-12-18(22)21(2)11-15-5-3-4-6-17(15)20/h3-10,13H,11-12H2,1-2H3. The van der Waals surface area contributed by atoms with Crippen LogP contribution < -0.4 is 0 Å². The van der Waals surface area contributed by atoms with Crippen LogP contribution in [-0.2, 0) is 11.3 Å². The van der Waals surface area contributed by atoms with Gasteiger partial charge in [0.05, 0.1) is 5.75 Å². The van der Waals surface area contributed by atoms with Gasteiger partial charge in [-0.05, 0) is 30.7 Å². The Kier molecular flexibility index (Phi) is 6.16. The summed E-state index contributed by atoms with van der Waals surface area (Å²) in [4.78, 5) is 13.7. The Balaban J connectivity index is 1.86. The molecule has 2 rings (SSSR count). The van der Waals surface area contributed by atoms with Gasteiger partial charge in [0, 0.05) is 24.4 Å². The predicted molar refractivity (Wildman–Crippen MR) is 90.1 cm³/mol. The van der Waals surface area contributed by atoms with E-state index in [9.17, 15) is 13.6 Å². The third-order valence-corrected chi connectivity index (χ3v) is 4.77. The zero-order chi connectivity index (χ0) is 16.8. The highest BCUT2D eigenvalue weighted by Crippen LogP contribution is 2.28. The zero-order valence-corrected chi connectivity index (χ0v) is 13.9. The molecule has 0 bridgehead atoms. The van der Waals surface area contributed by atoms with Crippen molar-refractivity contribution in [1.82, 2.24) is 4.90 Å². The topological polar surface area (TPSA) is 20.3 Å². The second kappa shape index (κ2) is 8.11. The van der Waals surface area contributed by atoms with Crippen LogP contribution in [0.3, 0.4) is 0 Å². The minimum absolute atomic E-state index is 0.0628. The average Bonchev–Trinajstić information content (AvgIpc) is 2.55. The second-order valence-electron chi connectivity index (χ2n) is 5.35. The van der Waals surface area contributed by atoms with Gasteiger partial charge in [-0.15, -0.1) is 11.8 Å². The summed E-state index contributed by atoms with van der Waals surface area (Å²) in [5.41, 5.74) is 1.47. The largest absolute Gasteiger partial charge is 0.341 e. The Hall–Kier alpha value is -1.88. The van der Waals surface area contributed by atoms with Gasteiger partial charge in [-0.2, -0.15) is 0 Å². The maximum atomic E-state index is 13.6. The van der Waals surface area contributed by atoms with Crippen molar-refractivity contribution in [2.75, 3.05) is 12.8 Å². The Bertz CT molecular complexity index is 660. The van der Waals surface area contributed by atoms with Crippen LogP contribution in [0.2, 0.25) is 0 Å². The minimum Gasteiger partial charge on any atom is -0.341 e. The molecule has 23 heavy (non-hydrogen) atoms. The van der Waals surface area contributed by atoms with E-state index in [0.717, 1.165) is 5.56 Å². The van der Waals surface area contributed by atoms with Gasteiger partial charge >= 0.3 is 0 Å². The first-order chi connectivity index (χ1) is 11.0. The summed E-state index contributed by atoms with van der Waals surface area (Å²) in [5.74, 6) is -0.345. The quantitative estimate of drug-likeness (QED) is 0.779. The fourth-order valence-electron chi connectivity index (χ4n) is 2.11. The van der Waals surface area contributed by atoms with Gasteiger partial charge in [-0.25, -0.2) is 8.78 Å². The van der Waals surface area contributed by atoms with Gasteiger partial charge in [0.1, 0.15) is 11.6 Å². The van der Waals surface area contributed by atoms with Crippen molar-refractivity contribution in [3.05, 3.63) is 71.3 Å². The molecule has 0 saturated heterocycles. The summed E-state index contributed by atoms with van der Waals surface area (Å²) >= 11 is 1.48. The number of hydrogen-bond acceptors (Lipinski definition) is 2. The molecule has 0 aliphatic heterocycles. The van der Waals surface area contributed by atoms with E-state index in [0.29, 0.717) is 11.3 Å². The maximum Gasteiger partial charge on any atom is 0.232 e. The van der Waals surface area contributed by atoms with Crippen LogP contribution >= 0.6 is 11.8 Å². The summed E-state index contributed by atoms with van der Waals surface area (Å²) in [6, 6.07) is 12.7. The van der Waals surface area contributed by atoms with E-state index in [-0.39, 0.29) is 29.3 Å². The van der Waals surface area contributed by atoms with Gasteiger partial charge in [0.2, 0.25) is 5.91 Å². The molecular weight excluding hydrogens is 316 g/mol. The molecule has 0 aliphatic carbocycles. The molecule has 2 aromatic rings. The Morgan fingerprint density at radius 2 is 1.78 bits per heavy atom. The SMILES string of the molecule is CC(SCC(=O)N(C)Cc1ccccc1F)c1ccc(F)cc1. The molecule has 5 heteroatoms. The molecule has 0 N–H and O–H groups in total. The van der Waals surface area contributed by atoms with Crippen LogP contribution in [0.1, 0.15) is 23.3 Å². The molecule has 0 radical (unpaired) electrons. The highest BCUT2D eigenvalue weighted by Gasteiger charge is 2.14. The number of rotatable bonds is 6. The number of carbonyl (C=O) groups is 1. The number of thioether (sulfide) groups is 1. The first-order valence-electron chi connectivity index (χ1n) is 7.32. The van der Waals surface area contributed by atoms with Gasteiger partial charge in [-0.1, -0.05) is 30.3 Å². The van der Waals surface area contributed by atoms with Gasteiger partial charge < -0.3 is 4.90 Å². The molecule has 0 heterocycles. The van der Waals surface area contributed by atoms with E-state index in [2.05, 4.69) is 0 Å². The van der Waals surface area contributed by atoms with Crippen molar-refractivity contribution in [2.45, 2.75) is 18.7 Å². The van der Waals surface area contributed by atoms with Crippen molar-refractivity contribution in [3.8, 4) is 0 Å². The summed E-state index contributed by atoms with van der Waals surface area (Å²) in [6.07, 6.45) is 0.